The monoisotopic (exact) mass is 467 g/mol. The van der Waals surface area contributed by atoms with Crippen molar-refractivity contribution < 1.29 is 19.1 Å². The Labute approximate surface area is 199 Å². The van der Waals surface area contributed by atoms with E-state index in [1.807, 2.05) is 35.6 Å². The summed E-state index contributed by atoms with van der Waals surface area (Å²) in [6.07, 6.45) is 4.00. The second-order valence-electron chi connectivity index (χ2n) is 8.77. The molecule has 0 radical (unpaired) electrons. The molecule has 0 bridgehead atoms. The maximum absolute atomic E-state index is 12.6. The van der Waals surface area contributed by atoms with Crippen molar-refractivity contribution >= 4 is 17.6 Å². The van der Waals surface area contributed by atoms with E-state index in [2.05, 4.69) is 11.9 Å². The third-order valence-corrected chi connectivity index (χ3v) is 6.88. The number of nitrogens with two attached hydrogens (primary N) is 1. The molecule has 3 N–H and O–H groups in total. The molecule has 2 aliphatic rings. The van der Waals surface area contributed by atoms with Crippen LogP contribution in [-0.2, 0) is 4.79 Å². The molecule has 2 aliphatic heterocycles. The summed E-state index contributed by atoms with van der Waals surface area (Å²) in [7, 11) is 1.61. The van der Waals surface area contributed by atoms with Crippen LogP contribution in [0.4, 0.5) is 5.82 Å². The molecule has 1 unspecified atom stereocenters. The quantitative estimate of drug-likeness (QED) is 0.605. The highest BCUT2D eigenvalue weighted by Crippen LogP contribution is 2.42. The Balaban J connectivity index is 1.74. The Bertz CT molecular complexity index is 1100. The zero-order valence-electron chi connectivity index (χ0n) is 20.1. The molecule has 4 rings (SSSR count). The molecule has 3 heterocycles. The molecule has 182 valence electrons. The van der Waals surface area contributed by atoms with Gasteiger partial charge in [-0.15, -0.1) is 0 Å². The second-order valence-corrected chi connectivity index (χ2v) is 8.77. The molecule has 1 fully saturated rings. The molecule has 9 heteroatoms. The second kappa shape index (κ2) is 9.79. The average Bonchev–Trinajstić information content (AvgIpc) is 3.25. The van der Waals surface area contributed by atoms with Gasteiger partial charge in [0.2, 0.25) is 5.91 Å². The fourth-order valence-corrected chi connectivity index (χ4v) is 5.13. The van der Waals surface area contributed by atoms with Gasteiger partial charge in [-0.2, -0.15) is 5.10 Å². The highest BCUT2D eigenvalue weighted by Gasteiger charge is 2.36. The minimum Gasteiger partial charge on any atom is -0.496 e. The number of hydrogen-bond donors (Lipinski definition) is 2. The zero-order valence-corrected chi connectivity index (χ0v) is 20.1. The molecule has 2 amide bonds. The fraction of sp³-hybridized carbons (Fsp3) is 0.480. The van der Waals surface area contributed by atoms with Crippen molar-refractivity contribution in [2.24, 2.45) is 11.7 Å². The van der Waals surface area contributed by atoms with Gasteiger partial charge >= 0.3 is 0 Å². The Morgan fingerprint density at radius 1 is 1.26 bits per heavy atom. The van der Waals surface area contributed by atoms with Gasteiger partial charge in [-0.3, -0.25) is 9.59 Å². The molecule has 1 aromatic carbocycles. The molecular formula is C25H33N5O4. The third-order valence-electron chi connectivity index (χ3n) is 6.88. The number of likely N-dealkylation sites (tertiary alicyclic amines) is 1. The summed E-state index contributed by atoms with van der Waals surface area (Å²) in [6.45, 7) is 10.1. The maximum atomic E-state index is 12.6. The number of benzene rings is 1. The van der Waals surface area contributed by atoms with E-state index in [4.69, 9.17) is 20.3 Å². The van der Waals surface area contributed by atoms with E-state index >= 15 is 0 Å². The van der Waals surface area contributed by atoms with Crippen LogP contribution >= 0.6 is 0 Å². The molecule has 1 saturated heterocycles. The standard InChI is InChI=1S/C25H33N5O4/c1-5-21(31)29-11-8-16(9-12-29)18-7-10-27-25-22(24(26)32)23(28-30(18)25)17-13-19(33-4)15(3)20(14-17)34-6-2/h5,13-14,16,18,27H,1,6-12H2,2-4H3,(H2,26,32). The number of nitrogens with one attached hydrogen (secondary N) is 1. The predicted molar refractivity (Wildman–Crippen MR) is 130 cm³/mol. The van der Waals surface area contributed by atoms with Crippen LogP contribution in [0.3, 0.4) is 0 Å². The number of ether oxygens (including phenoxy) is 2. The first kappa shape index (κ1) is 23.7. The average molecular weight is 468 g/mol. The molecule has 2 aromatic rings. The van der Waals surface area contributed by atoms with Crippen LogP contribution in [0.1, 0.15) is 48.1 Å². The van der Waals surface area contributed by atoms with E-state index in [0.717, 1.165) is 31.4 Å². The lowest BCUT2D eigenvalue weighted by atomic mass is 9.87. The lowest BCUT2D eigenvalue weighted by Gasteiger charge is -2.38. The molecular weight excluding hydrogens is 434 g/mol. The minimum atomic E-state index is -0.534. The largest absolute Gasteiger partial charge is 0.496 e. The topological polar surface area (TPSA) is 112 Å². The Morgan fingerprint density at radius 2 is 1.97 bits per heavy atom. The van der Waals surface area contributed by atoms with Gasteiger partial charge in [0.05, 0.1) is 19.8 Å². The zero-order chi connectivity index (χ0) is 24.4. The van der Waals surface area contributed by atoms with Crippen LogP contribution in [-0.4, -0.2) is 59.8 Å². The number of carbonyl (C=O) groups excluding carboxylic acids is 2. The predicted octanol–water partition coefficient (Wildman–Crippen LogP) is 3.15. The normalized spacial score (nSPS) is 18.1. The van der Waals surface area contributed by atoms with Gasteiger partial charge in [0.25, 0.3) is 5.91 Å². The molecule has 1 atom stereocenters. The van der Waals surface area contributed by atoms with Crippen molar-refractivity contribution in [2.75, 3.05) is 38.7 Å². The summed E-state index contributed by atoms with van der Waals surface area (Å²) in [6, 6.07) is 3.87. The van der Waals surface area contributed by atoms with Gasteiger partial charge < -0.3 is 25.4 Å². The van der Waals surface area contributed by atoms with Crippen molar-refractivity contribution in [2.45, 2.75) is 39.2 Å². The first-order chi connectivity index (χ1) is 16.4. The number of nitrogens with zero attached hydrogens (tertiary/aromatic N) is 3. The fourth-order valence-electron chi connectivity index (χ4n) is 5.13. The summed E-state index contributed by atoms with van der Waals surface area (Å²) < 4.78 is 13.3. The number of methoxy groups -OCH3 is 1. The van der Waals surface area contributed by atoms with E-state index in [1.54, 1.807) is 7.11 Å². The Hall–Kier alpha value is -3.49. The third kappa shape index (κ3) is 4.22. The number of rotatable bonds is 7. The molecule has 1 aromatic heterocycles. The highest BCUT2D eigenvalue weighted by molar-refractivity contribution is 6.04. The number of aromatic nitrogens is 2. The summed E-state index contributed by atoms with van der Waals surface area (Å²) in [5.41, 5.74) is 8.35. The lowest BCUT2D eigenvalue weighted by Crippen LogP contribution is -2.41. The van der Waals surface area contributed by atoms with Crippen molar-refractivity contribution in [3.05, 3.63) is 35.9 Å². The summed E-state index contributed by atoms with van der Waals surface area (Å²) >= 11 is 0. The summed E-state index contributed by atoms with van der Waals surface area (Å²) in [5, 5.41) is 8.27. The molecule has 0 saturated carbocycles. The highest BCUT2D eigenvalue weighted by atomic mass is 16.5. The number of piperidine rings is 1. The van der Waals surface area contributed by atoms with Gasteiger partial charge in [0, 0.05) is 30.8 Å². The van der Waals surface area contributed by atoms with E-state index in [1.165, 1.54) is 6.08 Å². The van der Waals surface area contributed by atoms with Crippen molar-refractivity contribution in [1.29, 1.82) is 0 Å². The van der Waals surface area contributed by atoms with E-state index < -0.39 is 5.91 Å². The summed E-state index contributed by atoms with van der Waals surface area (Å²) in [5.74, 6) is 1.78. The lowest BCUT2D eigenvalue weighted by molar-refractivity contribution is -0.127. The first-order valence-electron chi connectivity index (χ1n) is 11.8. The number of primary amides is 1. The number of anilines is 1. The number of hydrogen-bond acceptors (Lipinski definition) is 6. The molecule has 34 heavy (non-hydrogen) atoms. The minimum absolute atomic E-state index is 0.0275. The van der Waals surface area contributed by atoms with E-state index in [-0.39, 0.29) is 11.9 Å². The number of carbonyl (C=O) groups is 2. The van der Waals surface area contributed by atoms with Crippen LogP contribution in [0.25, 0.3) is 11.3 Å². The van der Waals surface area contributed by atoms with Gasteiger partial charge in [-0.1, -0.05) is 6.58 Å². The molecule has 0 spiro atoms. The molecule has 0 aliphatic carbocycles. The van der Waals surface area contributed by atoms with E-state index in [0.29, 0.717) is 59.8 Å². The van der Waals surface area contributed by atoms with Crippen LogP contribution < -0.4 is 20.5 Å². The van der Waals surface area contributed by atoms with Gasteiger partial charge in [-0.05, 0) is 57.2 Å². The SMILES string of the molecule is C=CC(=O)N1CCC(C2CCNc3c(C(N)=O)c(-c4cc(OC)c(C)c(OCC)c4)nn32)CC1. The number of fused-ring (bicyclic) bond motifs is 1. The Kier molecular flexibility index (Phi) is 6.81. The molecule has 9 nitrogen and oxygen atoms in total. The maximum Gasteiger partial charge on any atom is 0.254 e. The Morgan fingerprint density at radius 3 is 2.59 bits per heavy atom. The van der Waals surface area contributed by atoms with Gasteiger partial charge in [-0.25, -0.2) is 4.68 Å². The van der Waals surface area contributed by atoms with Crippen LogP contribution in [0.2, 0.25) is 0 Å². The first-order valence-corrected chi connectivity index (χ1v) is 11.8. The van der Waals surface area contributed by atoms with Crippen molar-refractivity contribution in [3.8, 4) is 22.8 Å². The summed E-state index contributed by atoms with van der Waals surface area (Å²) in [4.78, 5) is 26.4. The van der Waals surface area contributed by atoms with Gasteiger partial charge in [0.15, 0.2) is 0 Å². The van der Waals surface area contributed by atoms with Crippen LogP contribution in [0.15, 0.2) is 24.8 Å². The van der Waals surface area contributed by atoms with Crippen molar-refractivity contribution in [1.82, 2.24) is 14.7 Å². The smallest absolute Gasteiger partial charge is 0.254 e. The van der Waals surface area contributed by atoms with Crippen molar-refractivity contribution in [3.63, 3.8) is 0 Å². The van der Waals surface area contributed by atoms with Crippen LogP contribution in [0.5, 0.6) is 11.5 Å². The van der Waals surface area contributed by atoms with Gasteiger partial charge in [0.1, 0.15) is 28.6 Å². The van der Waals surface area contributed by atoms with Crippen LogP contribution in [0, 0.1) is 12.8 Å². The van der Waals surface area contributed by atoms with E-state index in [9.17, 15) is 9.59 Å². The number of amides is 2.